The quantitative estimate of drug-likeness (QED) is 0.842. The summed E-state index contributed by atoms with van der Waals surface area (Å²) < 4.78 is 10.9. The van der Waals surface area contributed by atoms with Crippen LogP contribution >= 0.6 is 0 Å². The van der Waals surface area contributed by atoms with Crippen molar-refractivity contribution in [3.63, 3.8) is 0 Å². The van der Waals surface area contributed by atoms with Crippen LogP contribution in [-0.2, 0) is 11.3 Å². The third-order valence-electron chi connectivity index (χ3n) is 3.23. The SMILES string of the molecule is COc1ccc(C[NH+]2C[C@@H](C)O[C@H](C)C2)cc1. The average Bonchev–Trinajstić information content (AvgIpc) is 2.28. The summed E-state index contributed by atoms with van der Waals surface area (Å²) in [4.78, 5) is 1.60. The number of hydrogen-bond acceptors (Lipinski definition) is 2. The Hall–Kier alpha value is -1.06. The van der Waals surface area contributed by atoms with Gasteiger partial charge in [0.1, 0.15) is 37.6 Å². The van der Waals surface area contributed by atoms with Gasteiger partial charge in [0, 0.05) is 5.56 Å². The monoisotopic (exact) mass is 236 g/mol. The molecule has 94 valence electrons. The first kappa shape index (κ1) is 12.4. The average molecular weight is 236 g/mol. The van der Waals surface area contributed by atoms with E-state index in [0.29, 0.717) is 12.2 Å². The lowest BCUT2D eigenvalue weighted by molar-refractivity contribution is -0.928. The van der Waals surface area contributed by atoms with E-state index < -0.39 is 0 Å². The predicted octanol–water partition coefficient (Wildman–Crippen LogP) is 0.887. The molecule has 1 aliphatic heterocycles. The van der Waals surface area contributed by atoms with Gasteiger partial charge >= 0.3 is 0 Å². The van der Waals surface area contributed by atoms with Crippen LogP contribution in [0.5, 0.6) is 5.75 Å². The molecule has 3 nitrogen and oxygen atoms in total. The zero-order chi connectivity index (χ0) is 12.3. The van der Waals surface area contributed by atoms with Gasteiger partial charge in [-0.3, -0.25) is 0 Å². The van der Waals surface area contributed by atoms with Crippen LogP contribution in [0.25, 0.3) is 0 Å². The lowest BCUT2D eigenvalue weighted by atomic mass is 10.1. The predicted molar refractivity (Wildman–Crippen MR) is 67.4 cm³/mol. The molecule has 0 amide bonds. The molecule has 1 aliphatic rings. The number of methoxy groups -OCH3 is 1. The molecule has 1 heterocycles. The molecule has 3 heteroatoms. The second-order valence-electron chi connectivity index (χ2n) is 4.94. The number of morpholine rings is 1. The molecule has 1 aromatic carbocycles. The first-order valence-corrected chi connectivity index (χ1v) is 6.29. The number of ether oxygens (including phenoxy) is 2. The van der Waals surface area contributed by atoms with E-state index in [0.717, 1.165) is 25.4 Å². The van der Waals surface area contributed by atoms with Crippen LogP contribution in [0.1, 0.15) is 19.4 Å². The number of nitrogens with one attached hydrogen (secondary N) is 1. The standard InChI is InChI=1S/C14H21NO2/c1-11-8-15(9-12(2)17-11)10-13-4-6-14(16-3)7-5-13/h4-7,11-12H,8-10H2,1-3H3/p+1/t11-,12-/m1/s1. The highest BCUT2D eigenvalue weighted by Crippen LogP contribution is 2.10. The van der Waals surface area contributed by atoms with Gasteiger partial charge in [-0.05, 0) is 38.1 Å². The molecule has 1 N–H and O–H groups in total. The topological polar surface area (TPSA) is 22.9 Å². The fourth-order valence-corrected chi connectivity index (χ4v) is 2.57. The summed E-state index contributed by atoms with van der Waals surface area (Å²) in [7, 11) is 1.70. The second-order valence-corrected chi connectivity index (χ2v) is 4.94. The molecule has 0 spiro atoms. The van der Waals surface area contributed by atoms with Crippen molar-refractivity contribution in [1.82, 2.24) is 0 Å². The Morgan fingerprint density at radius 2 is 1.76 bits per heavy atom. The van der Waals surface area contributed by atoms with Crippen molar-refractivity contribution >= 4 is 0 Å². The molecule has 1 aromatic rings. The molecule has 0 radical (unpaired) electrons. The maximum atomic E-state index is 5.75. The summed E-state index contributed by atoms with van der Waals surface area (Å²) in [5, 5.41) is 0. The van der Waals surface area contributed by atoms with E-state index in [-0.39, 0.29) is 0 Å². The molecule has 0 bridgehead atoms. The van der Waals surface area contributed by atoms with Gasteiger partial charge in [0.15, 0.2) is 0 Å². The third-order valence-corrected chi connectivity index (χ3v) is 3.23. The number of benzene rings is 1. The third kappa shape index (κ3) is 3.45. The largest absolute Gasteiger partial charge is 0.497 e. The van der Waals surface area contributed by atoms with Crippen molar-refractivity contribution in [3.05, 3.63) is 29.8 Å². The van der Waals surface area contributed by atoms with E-state index in [1.165, 1.54) is 5.56 Å². The summed E-state index contributed by atoms with van der Waals surface area (Å²) in [5.74, 6) is 0.924. The van der Waals surface area contributed by atoms with Crippen LogP contribution < -0.4 is 9.64 Å². The van der Waals surface area contributed by atoms with Gasteiger partial charge in [-0.2, -0.15) is 0 Å². The zero-order valence-electron chi connectivity index (χ0n) is 10.9. The van der Waals surface area contributed by atoms with Crippen LogP contribution in [-0.4, -0.2) is 32.4 Å². The maximum absolute atomic E-state index is 5.75. The van der Waals surface area contributed by atoms with Gasteiger partial charge in [0.25, 0.3) is 0 Å². The maximum Gasteiger partial charge on any atom is 0.118 e. The summed E-state index contributed by atoms with van der Waals surface area (Å²) in [6, 6.07) is 8.36. The Labute approximate surface area is 103 Å². The fourth-order valence-electron chi connectivity index (χ4n) is 2.57. The van der Waals surface area contributed by atoms with E-state index in [1.54, 1.807) is 12.0 Å². The number of hydrogen-bond donors (Lipinski definition) is 1. The van der Waals surface area contributed by atoms with E-state index in [1.807, 2.05) is 12.1 Å². The fraction of sp³-hybridized carbons (Fsp3) is 0.571. The smallest absolute Gasteiger partial charge is 0.118 e. The van der Waals surface area contributed by atoms with Gasteiger partial charge in [0.05, 0.1) is 7.11 Å². The summed E-state index contributed by atoms with van der Waals surface area (Å²) in [5.41, 5.74) is 1.36. The first-order chi connectivity index (χ1) is 8.17. The van der Waals surface area contributed by atoms with Crippen molar-refractivity contribution in [2.24, 2.45) is 0 Å². The van der Waals surface area contributed by atoms with Crippen LogP contribution in [0.3, 0.4) is 0 Å². The van der Waals surface area contributed by atoms with Crippen LogP contribution in [0.15, 0.2) is 24.3 Å². The highest BCUT2D eigenvalue weighted by atomic mass is 16.5. The molecule has 2 rings (SSSR count). The minimum Gasteiger partial charge on any atom is -0.497 e. The molecule has 0 unspecified atom stereocenters. The van der Waals surface area contributed by atoms with E-state index in [9.17, 15) is 0 Å². The molecular weight excluding hydrogens is 214 g/mol. The Morgan fingerprint density at radius 1 is 1.18 bits per heavy atom. The summed E-state index contributed by atoms with van der Waals surface area (Å²) in [6.07, 6.45) is 0.735. The van der Waals surface area contributed by atoms with E-state index >= 15 is 0 Å². The van der Waals surface area contributed by atoms with Gasteiger partial charge in [0.2, 0.25) is 0 Å². The molecule has 0 saturated carbocycles. The Bertz CT molecular complexity index is 340. The summed E-state index contributed by atoms with van der Waals surface area (Å²) in [6.45, 7) is 7.57. The number of quaternary nitrogens is 1. The van der Waals surface area contributed by atoms with Gasteiger partial charge in [-0.25, -0.2) is 0 Å². The Balaban J connectivity index is 1.95. The normalized spacial score (nSPS) is 29.0. The van der Waals surface area contributed by atoms with Gasteiger partial charge in [-0.15, -0.1) is 0 Å². The highest BCUT2D eigenvalue weighted by Gasteiger charge is 2.25. The second kappa shape index (κ2) is 5.52. The van der Waals surface area contributed by atoms with Crippen LogP contribution in [0, 0.1) is 0 Å². The Morgan fingerprint density at radius 3 is 2.29 bits per heavy atom. The van der Waals surface area contributed by atoms with Crippen LogP contribution in [0.4, 0.5) is 0 Å². The van der Waals surface area contributed by atoms with Crippen molar-refractivity contribution < 1.29 is 14.4 Å². The van der Waals surface area contributed by atoms with Crippen molar-refractivity contribution in [1.29, 1.82) is 0 Å². The highest BCUT2D eigenvalue weighted by molar-refractivity contribution is 5.26. The summed E-state index contributed by atoms with van der Waals surface area (Å²) >= 11 is 0. The van der Waals surface area contributed by atoms with Crippen LogP contribution in [0.2, 0.25) is 0 Å². The molecular formula is C14H22NO2+. The molecule has 0 aliphatic carbocycles. The Kier molecular flexibility index (Phi) is 4.02. The van der Waals surface area contributed by atoms with E-state index in [4.69, 9.17) is 9.47 Å². The number of rotatable bonds is 3. The van der Waals surface area contributed by atoms with E-state index in [2.05, 4.69) is 26.0 Å². The van der Waals surface area contributed by atoms with Gasteiger partial charge < -0.3 is 14.4 Å². The van der Waals surface area contributed by atoms with Crippen molar-refractivity contribution in [3.8, 4) is 5.75 Å². The molecule has 17 heavy (non-hydrogen) atoms. The minimum atomic E-state index is 0.368. The van der Waals surface area contributed by atoms with Crippen molar-refractivity contribution in [2.75, 3.05) is 20.2 Å². The lowest BCUT2D eigenvalue weighted by Crippen LogP contribution is -3.14. The lowest BCUT2D eigenvalue weighted by Gasteiger charge is -2.32. The van der Waals surface area contributed by atoms with Gasteiger partial charge in [-0.1, -0.05) is 0 Å². The molecule has 2 atom stereocenters. The molecule has 1 saturated heterocycles. The molecule has 0 aromatic heterocycles. The van der Waals surface area contributed by atoms with Crippen molar-refractivity contribution in [2.45, 2.75) is 32.6 Å². The minimum absolute atomic E-state index is 0.368. The molecule has 1 fully saturated rings. The zero-order valence-corrected chi connectivity index (χ0v) is 10.9. The first-order valence-electron chi connectivity index (χ1n) is 6.29.